The molecule has 21 heavy (non-hydrogen) atoms. The van der Waals surface area contributed by atoms with Gasteiger partial charge in [-0.2, -0.15) is 0 Å². The van der Waals surface area contributed by atoms with Crippen LogP contribution in [0.1, 0.15) is 32.3 Å². The van der Waals surface area contributed by atoms with Gasteiger partial charge in [0.2, 0.25) is 5.91 Å². The highest BCUT2D eigenvalue weighted by molar-refractivity contribution is 5.90. The van der Waals surface area contributed by atoms with Gasteiger partial charge in [0.25, 0.3) is 0 Å². The second kappa shape index (κ2) is 9.50. The highest BCUT2D eigenvalue weighted by atomic mass is 16.3. The number of nitrogens with two attached hydrogens (primary N) is 1. The molecule has 5 nitrogen and oxygen atoms in total. The van der Waals surface area contributed by atoms with Gasteiger partial charge < -0.3 is 21.1 Å². The Morgan fingerprint density at radius 2 is 2.14 bits per heavy atom. The molecule has 1 aromatic rings. The van der Waals surface area contributed by atoms with Gasteiger partial charge >= 0.3 is 0 Å². The lowest BCUT2D eigenvalue weighted by atomic mass is 10.2. The average Bonchev–Trinajstić information content (AvgIpc) is 2.47. The van der Waals surface area contributed by atoms with Crippen LogP contribution >= 0.6 is 0 Å². The van der Waals surface area contributed by atoms with E-state index in [0.717, 1.165) is 24.2 Å². The van der Waals surface area contributed by atoms with E-state index in [2.05, 4.69) is 24.1 Å². The van der Waals surface area contributed by atoms with Crippen LogP contribution in [0.2, 0.25) is 0 Å². The van der Waals surface area contributed by atoms with Crippen LogP contribution in [-0.2, 0) is 11.3 Å². The number of carbonyl (C=O) groups is 1. The van der Waals surface area contributed by atoms with E-state index in [0.29, 0.717) is 25.6 Å². The van der Waals surface area contributed by atoms with Gasteiger partial charge in [-0.25, -0.2) is 0 Å². The fraction of sp³-hybridized carbons (Fsp3) is 0.562. The highest BCUT2D eigenvalue weighted by Gasteiger charge is 2.11. The largest absolute Gasteiger partial charge is 0.396 e. The molecule has 0 aromatic heterocycles. The zero-order chi connectivity index (χ0) is 15.7. The predicted octanol–water partition coefficient (Wildman–Crippen LogP) is 1.57. The fourth-order valence-corrected chi connectivity index (χ4v) is 2.15. The van der Waals surface area contributed by atoms with Gasteiger partial charge in [0.1, 0.15) is 0 Å². The maximum Gasteiger partial charge on any atom is 0.225 e. The van der Waals surface area contributed by atoms with Crippen molar-refractivity contribution in [3.63, 3.8) is 0 Å². The maximum atomic E-state index is 12.0. The van der Waals surface area contributed by atoms with Crippen molar-refractivity contribution in [2.45, 2.75) is 39.3 Å². The molecule has 118 valence electrons. The molecule has 0 aliphatic carbocycles. The topological polar surface area (TPSA) is 78.6 Å². The van der Waals surface area contributed by atoms with E-state index in [4.69, 9.17) is 10.8 Å². The first kappa shape index (κ1) is 17.6. The molecule has 5 heteroatoms. The Bertz CT molecular complexity index is 435. The number of nitrogens with one attached hydrogen (secondary N) is 1. The number of hydrogen-bond donors (Lipinski definition) is 3. The van der Waals surface area contributed by atoms with E-state index in [1.54, 1.807) is 0 Å². The lowest BCUT2D eigenvalue weighted by Crippen LogP contribution is -2.35. The van der Waals surface area contributed by atoms with Crippen LogP contribution in [-0.4, -0.2) is 41.7 Å². The van der Waals surface area contributed by atoms with Crippen LogP contribution in [0.4, 0.5) is 5.69 Å². The van der Waals surface area contributed by atoms with E-state index in [-0.39, 0.29) is 12.5 Å². The van der Waals surface area contributed by atoms with Crippen molar-refractivity contribution < 1.29 is 9.90 Å². The summed E-state index contributed by atoms with van der Waals surface area (Å²) in [6.07, 6.45) is 1.18. The molecule has 0 unspecified atom stereocenters. The molecule has 0 radical (unpaired) electrons. The molecule has 0 heterocycles. The molecule has 1 amide bonds. The molecular formula is C16H27N3O2. The Morgan fingerprint density at radius 1 is 1.38 bits per heavy atom. The summed E-state index contributed by atoms with van der Waals surface area (Å²) in [5, 5.41) is 11.8. The minimum Gasteiger partial charge on any atom is -0.396 e. The molecular weight excluding hydrogens is 266 g/mol. The van der Waals surface area contributed by atoms with Crippen LogP contribution in [0.3, 0.4) is 0 Å². The second-order valence-electron chi connectivity index (χ2n) is 5.41. The van der Waals surface area contributed by atoms with Crippen molar-refractivity contribution in [2.75, 3.05) is 25.0 Å². The molecule has 0 aliphatic rings. The summed E-state index contributed by atoms with van der Waals surface area (Å²) in [7, 11) is 0. The summed E-state index contributed by atoms with van der Waals surface area (Å²) >= 11 is 0. The number of amides is 1. The summed E-state index contributed by atoms with van der Waals surface area (Å²) in [4.78, 5) is 14.2. The number of rotatable bonds is 9. The van der Waals surface area contributed by atoms with E-state index in [1.165, 1.54) is 0 Å². The minimum atomic E-state index is -0.00109. The van der Waals surface area contributed by atoms with Gasteiger partial charge in [-0.05, 0) is 38.0 Å². The van der Waals surface area contributed by atoms with Crippen molar-refractivity contribution in [2.24, 2.45) is 5.73 Å². The Labute approximate surface area is 127 Å². The van der Waals surface area contributed by atoms with E-state index in [9.17, 15) is 4.79 Å². The molecule has 0 fully saturated rings. The van der Waals surface area contributed by atoms with E-state index >= 15 is 0 Å². The van der Waals surface area contributed by atoms with Gasteiger partial charge in [0, 0.05) is 44.4 Å². The summed E-state index contributed by atoms with van der Waals surface area (Å²) < 4.78 is 0. The molecule has 0 spiro atoms. The van der Waals surface area contributed by atoms with Crippen LogP contribution in [0.5, 0.6) is 0 Å². The van der Waals surface area contributed by atoms with E-state index < -0.39 is 0 Å². The number of nitrogens with zero attached hydrogens (tertiary/aromatic N) is 1. The third-order valence-corrected chi connectivity index (χ3v) is 3.41. The minimum absolute atomic E-state index is 0.00109. The molecule has 0 atom stereocenters. The zero-order valence-corrected chi connectivity index (χ0v) is 13.0. The summed E-state index contributed by atoms with van der Waals surface area (Å²) in [6, 6.07) is 7.95. The Kier molecular flexibility index (Phi) is 7.97. The lowest BCUT2D eigenvalue weighted by Gasteiger charge is -2.25. The molecule has 1 aromatic carbocycles. The molecule has 0 saturated heterocycles. The van der Waals surface area contributed by atoms with Crippen LogP contribution in [0, 0.1) is 0 Å². The average molecular weight is 293 g/mol. The number of carbonyl (C=O) groups excluding carboxylic acids is 1. The standard InChI is InChI=1S/C16H27N3O2/c1-13(2)19(8-4-10-20)9-7-16(21)18-15-6-3-5-14(11-15)12-17/h3,5-6,11,13,20H,4,7-10,12,17H2,1-2H3,(H,18,21). The van der Waals surface area contributed by atoms with Crippen LogP contribution in [0.25, 0.3) is 0 Å². The van der Waals surface area contributed by atoms with Crippen molar-refractivity contribution in [3.8, 4) is 0 Å². The number of aliphatic hydroxyl groups excluding tert-OH is 1. The quantitative estimate of drug-likeness (QED) is 0.646. The van der Waals surface area contributed by atoms with E-state index in [1.807, 2.05) is 24.3 Å². The van der Waals surface area contributed by atoms with Crippen LogP contribution in [0.15, 0.2) is 24.3 Å². The summed E-state index contributed by atoms with van der Waals surface area (Å²) in [5.41, 5.74) is 7.37. The third-order valence-electron chi connectivity index (χ3n) is 3.41. The highest BCUT2D eigenvalue weighted by Crippen LogP contribution is 2.11. The van der Waals surface area contributed by atoms with Crippen molar-refractivity contribution in [1.29, 1.82) is 0 Å². The van der Waals surface area contributed by atoms with Gasteiger partial charge in [0.05, 0.1) is 0 Å². The summed E-state index contributed by atoms with van der Waals surface area (Å²) in [6.45, 7) is 6.34. The number of benzene rings is 1. The smallest absolute Gasteiger partial charge is 0.225 e. The first-order chi connectivity index (χ1) is 10.1. The Balaban J connectivity index is 2.44. The van der Waals surface area contributed by atoms with Gasteiger partial charge in [-0.3, -0.25) is 4.79 Å². The molecule has 4 N–H and O–H groups in total. The maximum absolute atomic E-state index is 12.0. The van der Waals surface area contributed by atoms with Crippen molar-refractivity contribution in [3.05, 3.63) is 29.8 Å². The zero-order valence-electron chi connectivity index (χ0n) is 13.0. The SMILES string of the molecule is CC(C)N(CCCO)CCC(=O)Nc1cccc(CN)c1. The van der Waals surface area contributed by atoms with Gasteiger partial charge in [-0.1, -0.05) is 12.1 Å². The molecule has 1 rings (SSSR count). The first-order valence-corrected chi connectivity index (χ1v) is 7.50. The monoisotopic (exact) mass is 293 g/mol. The van der Waals surface area contributed by atoms with Crippen molar-refractivity contribution >= 4 is 11.6 Å². The lowest BCUT2D eigenvalue weighted by molar-refractivity contribution is -0.116. The predicted molar refractivity (Wildman–Crippen MR) is 86.0 cm³/mol. The number of hydrogen-bond acceptors (Lipinski definition) is 4. The van der Waals surface area contributed by atoms with Crippen LogP contribution < -0.4 is 11.1 Å². The fourth-order valence-electron chi connectivity index (χ4n) is 2.15. The number of anilines is 1. The second-order valence-corrected chi connectivity index (χ2v) is 5.41. The third kappa shape index (κ3) is 6.71. The molecule has 0 aliphatic heterocycles. The first-order valence-electron chi connectivity index (χ1n) is 7.50. The number of aliphatic hydroxyl groups is 1. The van der Waals surface area contributed by atoms with Crippen molar-refractivity contribution in [1.82, 2.24) is 4.90 Å². The summed E-state index contributed by atoms with van der Waals surface area (Å²) in [5.74, 6) is -0.00109. The van der Waals surface area contributed by atoms with Gasteiger partial charge in [-0.15, -0.1) is 0 Å². The Hall–Kier alpha value is -1.43. The van der Waals surface area contributed by atoms with Gasteiger partial charge in [0.15, 0.2) is 0 Å². The molecule has 0 saturated carbocycles. The normalized spacial score (nSPS) is 11.1. The molecule has 0 bridgehead atoms. The Morgan fingerprint density at radius 3 is 2.76 bits per heavy atom.